The number of aryl methyl sites for hydroxylation is 3. The van der Waals surface area contributed by atoms with Gasteiger partial charge in [0.1, 0.15) is 12.3 Å². The van der Waals surface area contributed by atoms with Crippen LogP contribution in [0.4, 0.5) is 11.4 Å². The average molecular weight is 538 g/mol. The maximum Gasteiger partial charge on any atom is 0.273 e. The van der Waals surface area contributed by atoms with Gasteiger partial charge in [0.25, 0.3) is 15.7 Å². The maximum absolute atomic E-state index is 13.7. The lowest BCUT2D eigenvalue weighted by molar-refractivity contribution is -0.385. The van der Waals surface area contributed by atoms with Crippen LogP contribution in [-0.2, 0) is 27.7 Å². The van der Waals surface area contributed by atoms with E-state index in [1.54, 1.807) is 12.1 Å². The number of benzene rings is 3. The second kappa shape index (κ2) is 11.2. The number of rotatable bonds is 9. The number of sulfonamides is 1. The van der Waals surface area contributed by atoms with Gasteiger partial charge in [-0.3, -0.25) is 19.2 Å². The van der Waals surface area contributed by atoms with E-state index < -0.39 is 27.4 Å². The first-order chi connectivity index (χ1) is 18.1. The lowest BCUT2D eigenvalue weighted by atomic mass is 9.89. The molecule has 200 valence electrons. The quantitative estimate of drug-likeness (QED) is 0.307. The second-order valence-corrected chi connectivity index (χ2v) is 11.3. The molecule has 0 heterocycles. The van der Waals surface area contributed by atoms with E-state index in [1.165, 1.54) is 55.8 Å². The topological polar surface area (TPSA) is 119 Å². The molecular formula is C28H31N3O6S. The average Bonchev–Trinajstić information content (AvgIpc) is 2.91. The summed E-state index contributed by atoms with van der Waals surface area (Å²) < 4.78 is 33.6. The number of methoxy groups -OCH3 is 1. The molecule has 38 heavy (non-hydrogen) atoms. The summed E-state index contributed by atoms with van der Waals surface area (Å²) in [5.41, 5.74) is 3.83. The van der Waals surface area contributed by atoms with Crippen LogP contribution in [0.25, 0.3) is 0 Å². The van der Waals surface area contributed by atoms with Gasteiger partial charge in [0.2, 0.25) is 5.91 Å². The van der Waals surface area contributed by atoms with Crippen molar-refractivity contribution in [2.24, 2.45) is 0 Å². The van der Waals surface area contributed by atoms with E-state index in [4.69, 9.17) is 4.74 Å². The number of carbonyl (C=O) groups is 1. The van der Waals surface area contributed by atoms with Crippen LogP contribution in [0.2, 0.25) is 0 Å². The van der Waals surface area contributed by atoms with E-state index in [9.17, 15) is 23.3 Å². The lowest BCUT2D eigenvalue weighted by Gasteiger charge is -2.25. The van der Waals surface area contributed by atoms with Gasteiger partial charge >= 0.3 is 0 Å². The molecule has 0 aromatic heterocycles. The Morgan fingerprint density at radius 1 is 1.05 bits per heavy atom. The van der Waals surface area contributed by atoms with Crippen molar-refractivity contribution in [3.05, 3.63) is 93.0 Å². The number of hydrogen-bond acceptors (Lipinski definition) is 6. The van der Waals surface area contributed by atoms with Crippen molar-refractivity contribution in [3.8, 4) is 5.75 Å². The molecule has 9 nitrogen and oxygen atoms in total. The smallest absolute Gasteiger partial charge is 0.273 e. The van der Waals surface area contributed by atoms with Crippen molar-refractivity contribution in [1.82, 2.24) is 5.32 Å². The number of nitro groups is 1. The number of hydrogen-bond donors (Lipinski definition) is 1. The van der Waals surface area contributed by atoms with E-state index in [1.807, 2.05) is 13.0 Å². The maximum atomic E-state index is 13.7. The van der Waals surface area contributed by atoms with Gasteiger partial charge in [-0.05, 0) is 86.6 Å². The molecule has 0 radical (unpaired) electrons. The number of nitro benzene ring substituents is 1. The van der Waals surface area contributed by atoms with Crippen LogP contribution < -0.4 is 14.4 Å². The summed E-state index contributed by atoms with van der Waals surface area (Å²) >= 11 is 0. The van der Waals surface area contributed by atoms with Crippen molar-refractivity contribution in [1.29, 1.82) is 0 Å². The third kappa shape index (κ3) is 5.80. The zero-order valence-electron chi connectivity index (χ0n) is 21.6. The number of anilines is 1. The molecule has 0 aliphatic heterocycles. The normalized spacial score (nSPS) is 13.8. The Morgan fingerprint density at radius 2 is 1.74 bits per heavy atom. The Bertz CT molecular complexity index is 1450. The molecule has 1 N–H and O–H groups in total. The number of carbonyl (C=O) groups excluding carboxylic acids is 1. The molecule has 0 saturated carbocycles. The molecule has 3 aromatic carbocycles. The zero-order chi connectivity index (χ0) is 27.4. The van der Waals surface area contributed by atoms with Crippen LogP contribution in [0.5, 0.6) is 5.75 Å². The monoisotopic (exact) mass is 537 g/mol. The number of ether oxygens (including phenoxy) is 1. The minimum atomic E-state index is -4.33. The number of nitrogens with one attached hydrogen (secondary N) is 1. The molecular weight excluding hydrogens is 506 g/mol. The highest BCUT2D eigenvalue weighted by Crippen LogP contribution is 2.29. The highest BCUT2D eigenvalue weighted by atomic mass is 32.2. The van der Waals surface area contributed by atoms with Crippen LogP contribution in [-0.4, -0.2) is 32.9 Å². The first kappa shape index (κ1) is 27.1. The van der Waals surface area contributed by atoms with Crippen molar-refractivity contribution in [2.75, 3.05) is 18.0 Å². The fraction of sp³-hybridized carbons (Fsp3) is 0.321. The van der Waals surface area contributed by atoms with Gasteiger partial charge in [-0.2, -0.15) is 0 Å². The van der Waals surface area contributed by atoms with Gasteiger partial charge in [0, 0.05) is 11.6 Å². The summed E-state index contributed by atoms with van der Waals surface area (Å²) in [6, 6.07) is 15.8. The molecule has 0 fully saturated rings. The number of fused-ring (bicyclic) bond motifs is 1. The second-order valence-electron chi connectivity index (χ2n) is 9.44. The van der Waals surface area contributed by atoms with Gasteiger partial charge < -0.3 is 10.1 Å². The SMILES string of the molecule is COc1ccc(N(CC(=O)N[C@H](C)c2ccc3c(c2)CCCC3)S(=O)(=O)c2ccc(C)c([N+](=O)[O-])c2)cc1. The molecule has 0 spiro atoms. The first-order valence-electron chi connectivity index (χ1n) is 12.4. The highest BCUT2D eigenvalue weighted by molar-refractivity contribution is 7.92. The third-order valence-corrected chi connectivity index (χ3v) is 8.63. The molecule has 1 amide bonds. The fourth-order valence-electron chi connectivity index (χ4n) is 4.66. The summed E-state index contributed by atoms with van der Waals surface area (Å²) in [4.78, 5) is 23.7. The molecule has 1 atom stereocenters. The molecule has 4 rings (SSSR count). The largest absolute Gasteiger partial charge is 0.497 e. The van der Waals surface area contributed by atoms with E-state index in [0.29, 0.717) is 11.3 Å². The highest BCUT2D eigenvalue weighted by Gasteiger charge is 2.30. The Kier molecular flexibility index (Phi) is 8.01. The van der Waals surface area contributed by atoms with Crippen molar-refractivity contribution >= 4 is 27.3 Å². The first-order valence-corrected chi connectivity index (χ1v) is 13.9. The van der Waals surface area contributed by atoms with E-state index >= 15 is 0 Å². The Labute approximate surface area is 222 Å². The lowest BCUT2D eigenvalue weighted by Crippen LogP contribution is -2.41. The Balaban J connectivity index is 1.62. The fourth-order valence-corrected chi connectivity index (χ4v) is 6.10. The molecule has 10 heteroatoms. The molecule has 0 bridgehead atoms. The van der Waals surface area contributed by atoms with Crippen molar-refractivity contribution in [2.45, 2.75) is 50.5 Å². The zero-order valence-corrected chi connectivity index (χ0v) is 22.5. The van der Waals surface area contributed by atoms with Crippen molar-refractivity contribution in [3.63, 3.8) is 0 Å². The van der Waals surface area contributed by atoms with Crippen LogP contribution in [0.1, 0.15) is 48.1 Å². The van der Waals surface area contributed by atoms with Gasteiger partial charge in [-0.1, -0.05) is 24.3 Å². The standard InChI is InChI=1S/C28H31N3O6S/c1-19-8-15-26(17-27(19)31(33)34)38(35,36)30(24-11-13-25(37-3)14-12-24)18-28(32)29-20(2)22-10-9-21-6-4-5-7-23(21)16-22/h8-17,20H,4-7,18H2,1-3H3,(H,29,32)/t20-/m1/s1. The number of amides is 1. The van der Waals surface area contributed by atoms with E-state index in [2.05, 4.69) is 17.4 Å². The van der Waals surface area contributed by atoms with Gasteiger partial charge in [-0.15, -0.1) is 0 Å². The molecule has 0 saturated heterocycles. The summed E-state index contributed by atoms with van der Waals surface area (Å²) in [5, 5.41) is 14.4. The number of nitrogens with zero attached hydrogens (tertiary/aromatic N) is 2. The molecule has 3 aromatic rings. The van der Waals surface area contributed by atoms with Crippen LogP contribution in [0, 0.1) is 17.0 Å². The molecule has 1 aliphatic carbocycles. The third-order valence-electron chi connectivity index (χ3n) is 6.86. The van der Waals surface area contributed by atoms with Crippen molar-refractivity contribution < 1.29 is 22.9 Å². The van der Waals surface area contributed by atoms with E-state index in [-0.39, 0.29) is 22.3 Å². The summed E-state index contributed by atoms with van der Waals surface area (Å²) in [7, 11) is -2.84. The van der Waals surface area contributed by atoms with Gasteiger partial charge in [0.15, 0.2) is 0 Å². The Morgan fingerprint density at radius 3 is 2.39 bits per heavy atom. The minimum Gasteiger partial charge on any atom is -0.497 e. The van der Waals surface area contributed by atoms with Crippen LogP contribution in [0.15, 0.2) is 65.6 Å². The summed E-state index contributed by atoms with van der Waals surface area (Å²) in [6.45, 7) is 2.88. The van der Waals surface area contributed by atoms with Gasteiger partial charge in [0.05, 0.1) is 28.7 Å². The van der Waals surface area contributed by atoms with E-state index in [0.717, 1.165) is 35.2 Å². The predicted molar refractivity (Wildman–Crippen MR) is 145 cm³/mol. The van der Waals surface area contributed by atoms with Crippen LogP contribution >= 0.6 is 0 Å². The summed E-state index contributed by atoms with van der Waals surface area (Å²) in [5.74, 6) is 0.0128. The molecule has 0 unspecified atom stereocenters. The Hall–Kier alpha value is -3.92. The van der Waals surface area contributed by atoms with Crippen LogP contribution in [0.3, 0.4) is 0 Å². The summed E-state index contributed by atoms with van der Waals surface area (Å²) in [6.07, 6.45) is 4.39. The minimum absolute atomic E-state index is 0.227. The van der Waals surface area contributed by atoms with Gasteiger partial charge in [-0.25, -0.2) is 8.42 Å². The predicted octanol–water partition coefficient (Wildman–Crippen LogP) is 4.86. The molecule has 1 aliphatic rings.